The van der Waals surface area contributed by atoms with Gasteiger partial charge in [0.2, 0.25) is 0 Å². The standard InChI is InChI=1S/C10H16N2O3S2/c1-3-17(14)5-4-11-10-12-8(7-16-10)6-9(13)15-2/h7H,3-6H2,1-2H3,(H,11,12). The zero-order valence-electron chi connectivity index (χ0n) is 9.89. The van der Waals surface area contributed by atoms with Gasteiger partial charge in [-0.05, 0) is 0 Å². The van der Waals surface area contributed by atoms with Crippen LogP contribution in [0.1, 0.15) is 12.6 Å². The molecule has 17 heavy (non-hydrogen) atoms. The van der Waals surface area contributed by atoms with Crippen molar-refractivity contribution in [2.75, 3.05) is 30.5 Å². The number of anilines is 1. The zero-order chi connectivity index (χ0) is 12.7. The van der Waals surface area contributed by atoms with Crippen LogP contribution in [0.2, 0.25) is 0 Å². The summed E-state index contributed by atoms with van der Waals surface area (Å²) in [6, 6.07) is 0. The number of ether oxygens (including phenoxy) is 1. The van der Waals surface area contributed by atoms with Gasteiger partial charge < -0.3 is 10.1 Å². The zero-order valence-corrected chi connectivity index (χ0v) is 11.5. The second-order valence-corrected chi connectivity index (χ2v) is 5.98. The van der Waals surface area contributed by atoms with Gasteiger partial charge in [-0.25, -0.2) is 4.98 Å². The molecule has 0 aliphatic carbocycles. The molecule has 1 rings (SSSR count). The number of nitrogens with one attached hydrogen (secondary N) is 1. The molecule has 1 atom stereocenters. The lowest BCUT2D eigenvalue weighted by Crippen LogP contribution is -2.12. The van der Waals surface area contributed by atoms with Gasteiger partial charge >= 0.3 is 5.97 Å². The molecule has 5 nitrogen and oxygen atoms in total. The molecular formula is C10H16N2O3S2. The summed E-state index contributed by atoms with van der Waals surface area (Å²) < 4.78 is 15.7. The van der Waals surface area contributed by atoms with E-state index in [1.54, 1.807) is 0 Å². The Labute approximate surface area is 107 Å². The molecule has 96 valence electrons. The summed E-state index contributed by atoms with van der Waals surface area (Å²) in [5.74, 6) is 0.990. The maximum absolute atomic E-state index is 11.2. The highest BCUT2D eigenvalue weighted by atomic mass is 32.2. The summed E-state index contributed by atoms with van der Waals surface area (Å²) in [4.78, 5) is 15.2. The van der Waals surface area contributed by atoms with E-state index in [2.05, 4.69) is 15.0 Å². The molecule has 1 heterocycles. The van der Waals surface area contributed by atoms with Gasteiger partial charge in [0.1, 0.15) is 0 Å². The lowest BCUT2D eigenvalue weighted by Gasteiger charge is -2.00. The Morgan fingerprint density at radius 2 is 2.41 bits per heavy atom. The fourth-order valence-electron chi connectivity index (χ4n) is 1.11. The second kappa shape index (κ2) is 7.39. The summed E-state index contributed by atoms with van der Waals surface area (Å²) in [6.45, 7) is 2.53. The Morgan fingerprint density at radius 3 is 3.06 bits per heavy atom. The monoisotopic (exact) mass is 276 g/mol. The predicted molar refractivity (Wildman–Crippen MR) is 69.9 cm³/mol. The molecule has 0 spiro atoms. The number of thiazole rings is 1. The molecule has 0 fully saturated rings. The number of methoxy groups -OCH3 is 1. The van der Waals surface area contributed by atoms with Crippen molar-refractivity contribution in [3.05, 3.63) is 11.1 Å². The highest BCUT2D eigenvalue weighted by Gasteiger charge is 2.07. The van der Waals surface area contributed by atoms with Crippen LogP contribution in [-0.2, 0) is 26.8 Å². The van der Waals surface area contributed by atoms with E-state index in [9.17, 15) is 9.00 Å². The lowest BCUT2D eigenvalue weighted by molar-refractivity contribution is -0.139. The minimum Gasteiger partial charge on any atom is -0.469 e. The van der Waals surface area contributed by atoms with Crippen LogP contribution in [0.3, 0.4) is 0 Å². The third kappa shape index (κ3) is 5.27. The first-order chi connectivity index (χ1) is 8.15. The van der Waals surface area contributed by atoms with Crippen LogP contribution < -0.4 is 5.32 Å². The average Bonchev–Trinajstić information content (AvgIpc) is 2.76. The van der Waals surface area contributed by atoms with Gasteiger partial charge in [-0.1, -0.05) is 6.92 Å². The maximum atomic E-state index is 11.2. The third-order valence-corrected chi connectivity index (χ3v) is 4.19. The normalized spacial score (nSPS) is 12.1. The van der Waals surface area contributed by atoms with Crippen LogP contribution >= 0.6 is 11.3 Å². The van der Waals surface area contributed by atoms with Crippen molar-refractivity contribution >= 4 is 33.2 Å². The van der Waals surface area contributed by atoms with Gasteiger partial charge in [0, 0.05) is 34.2 Å². The van der Waals surface area contributed by atoms with Crippen LogP contribution in [0.5, 0.6) is 0 Å². The molecule has 0 radical (unpaired) electrons. The fourth-order valence-corrected chi connectivity index (χ4v) is 2.46. The van der Waals surface area contributed by atoms with Crippen molar-refractivity contribution < 1.29 is 13.7 Å². The van der Waals surface area contributed by atoms with Crippen molar-refractivity contribution in [3.8, 4) is 0 Å². The molecule has 1 N–H and O–H groups in total. The number of carbonyl (C=O) groups is 1. The Balaban J connectivity index is 2.35. The van der Waals surface area contributed by atoms with Crippen molar-refractivity contribution in [1.82, 2.24) is 4.98 Å². The van der Waals surface area contributed by atoms with E-state index in [4.69, 9.17) is 0 Å². The molecule has 0 amide bonds. The van der Waals surface area contributed by atoms with Gasteiger partial charge in [-0.15, -0.1) is 11.3 Å². The summed E-state index contributed by atoms with van der Waals surface area (Å²) in [5.41, 5.74) is 0.695. The van der Waals surface area contributed by atoms with Gasteiger partial charge in [-0.3, -0.25) is 9.00 Å². The summed E-state index contributed by atoms with van der Waals surface area (Å²) >= 11 is 1.43. The fraction of sp³-hybridized carbons (Fsp3) is 0.600. The largest absolute Gasteiger partial charge is 0.469 e. The Bertz CT molecular complexity index is 393. The van der Waals surface area contributed by atoms with Crippen LogP contribution in [0.4, 0.5) is 5.13 Å². The van der Waals surface area contributed by atoms with E-state index in [0.717, 1.165) is 5.13 Å². The van der Waals surface area contributed by atoms with Crippen molar-refractivity contribution in [1.29, 1.82) is 0 Å². The molecule has 1 unspecified atom stereocenters. The SMILES string of the molecule is CCS(=O)CCNc1nc(CC(=O)OC)cs1. The molecule has 0 aliphatic rings. The molecule has 1 aromatic rings. The maximum Gasteiger partial charge on any atom is 0.311 e. The molecule has 0 saturated carbocycles. The van der Waals surface area contributed by atoms with Crippen LogP contribution in [-0.4, -0.2) is 40.3 Å². The molecule has 1 aromatic heterocycles. The highest BCUT2D eigenvalue weighted by molar-refractivity contribution is 7.84. The molecule has 0 aliphatic heterocycles. The number of esters is 1. The van der Waals surface area contributed by atoms with Gasteiger partial charge in [-0.2, -0.15) is 0 Å². The van der Waals surface area contributed by atoms with E-state index >= 15 is 0 Å². The minimum atomic E-state index is -0.764. The summed E-state index contributed by atoms with van der Waals surface area (Å²) in [5, 5.41) is 5.65. The Kier molecular flexibility index (Phi) is 6.13. The van der Waals surface area contributed by atoms with Crippen molar-refractivity contribution in [2.24, 2.45) is 0 Å². The third-order valence-electron chi connectivity index (χ3n) is 2.03. The summed E-state index contributed by atoms with van der Waals surface area (Å²) in [6.07, 6.45) is 0.190. The van der Waals surface area contributed by atoms with E-state index in [-0.39, 0.29) is 12.4 Å². The number of carbonyl (C=O) groups excluding carboxylic acids is 1. The Morgan fingerprint density at radius 1 is 1.65 bits per heavy atom. The van der Waals surface area contributed by atoms with Gasteiger partial charge in [0.25, 0.3) is 0 Å². The van der Waals surface area contributed by atoms with Crippen molar-refractivity contribution in [2.45, 2.75) is 13.3 Å². The number of nitrogens with zero attached hydrogens (tertiary/aromatic N) is 1. The smallest absolute Gasteiger partial charge is 0.311 e. The first-order valence-electron chi connectivity index (χ1n) is 5.25. The number of hydrogen-bond acceptors (Lipinski definition) is 6. The topological polar surface area (TPSA) is 68.3 Å². The lowest BCUT2D eigenvalue weighted by atomic mass is 10.3. The van der Waals surface area contributed by atoms with Crippen molar-refractivity contribution in [3.63, 3.8) is 0 Å². The van der Waals surface area contributed by atoms with Crippen LogP contribution in [0.25, 0.3) is 0 Å². The van der Waals surface area contributed by atoms with E-state index < -0.39 is 10.8 Å². The number of hydrogen-bond donors (Lipinski definition) is 1. The summed E-state index contributed by atoms with van der Waals surface area (Å²) in [7, 11) is 0.591. The first-order valence-corrected chi connectivity index (χ1v) is 7.62. The quantitative estimate of drug-likeness (QED) is 0.754. The van der Waals surface area contributed by atoms with E-state index in [0.29, 0.717) is 23.7 Å². The minimum absolute atomic E-state index is 0.190. The molecule has 0 bridgehead atoms. The Hall–Kier alpha value is -0.950. The average molecular weight is 276 g/mol. The predicted octanol–water partition coefficient (Wildman–Crippen LogP) is 1.04. The number of rotatable bonds is 7. The highest BCUT2D eigenvalue weighted by Crippen LogP contribution is 2.15. The van der Waals surface area contributed by atoms with Crippen LogP contribution in [0.15, 0.2) is 5.38 Å². The van der Waals surface area contributed by atoms with Gasteiger partial charge in [0.15, 0.2) is 5.13 Å². The molecule has 0 aromatic carbocycles. The molecule has 7 heteroatoms. The number of aromatic nitrogens is 1. The molecule has 0 saturated heterocycles. The van der Waals surface area contributed by atoms with E-state index in [1.807, 2.05) is 12.3 Å². The molecular weight excluding hydrogens is 260 g/mol. The van der Waals surface area contributed by atoms with Gasteiger partial charge in [0.05, 0.1) is 19.2 Å². The van der Waals surface area contributed by atoms with Crippen LogP contribution in [0, 0.1) is 0 Å². The second-order valence-electron chi connectivity index (χ2n) is 3.26. The van der Waals surface area contributed by atoms with E-state index in [1.165, 1.54) is 18.4 Å². The first kappa shape index (κ1) is 14.1.